The SMILES string of the molecule is COc1ccccc1OCC(=O)NCCc1nn2c(C3CC3)nnc2s1. The van der Waals surface area contributed by atoms with Crippen molar-refractivity contribution in [3.05, 3.63) is 35.1 Å². The van der Waals surface area contributed by atoms with Gasteiger partial charge in [-0.1, -0.05) is 23.5 Å². The number of carbonyl (C=O) groups excluding carboxylic acids is 1. The fourth-order valence-electron chi connectivity index (χ4n) is 2.61. The van der Waals surface area contributed by atoms with Gasteiger partial charge in [0.05, 0.1) is 7.11 Å². The predicted molar refractivity (Wildman–Crippen MR) is 95.8 cm³/mol. The lowest BCUT2D eigenvalue weighted by atomic mass is 10.3. The lowest BCUT2D eigenvalue weighted by Gasteiger charge is -2.10. The summed E-state index contributed by atoms with van der Waals surface area (Å²) in [6.45, 7) is 0.439. The number of methoxy groups -OCH3 is 1. The minimum absolute atomic E-state index is 0.0582. The van der Waals surface area contributed by atoms with Crippen LogP contribution in [0, 0.1) is 0 Å². The van der Waals surface area contributed by atoms with E-state index in [9.17, 15) is 4.79 Å². The molecule has 0 spiro atoms. The third-order valence-electron chi connectivity index (χ3n) is 4.09. The zero-order valence-electron chi connectivity index (χ0n) is 14.3. The summed E-state index contributed by atoms with van der Waals surface area (Å²) in [5, 5.41) is 16.7. The van der Waals surface area contributed by atoms with Gasteiger partial charge in [-0.25, -0.2) is 0 Å². The number of fused-ring (bicyclic) bond motifs is 1. The molecule has 9 heteroatoms. The van der Waals surface area contributed by atoms with E-state index in [0.717, 1.165) is 28.6 Å². The molecule has 4 rings (SSSR count). The third-order valence-corrected chi connectivity index (χ3v) is 5.05. The number of aromatic nitrogens is 4. The molecule has 1 fully saturated rings. The van der Waals surface area contributed by atoms with Gasteiger partial charge in [0.25, 0.3) is 5.91 Å². The van der Waals surface area contributed by atoms with E-state index in [1.54, 1.807) is 19.2 Å². The van der Waals surface area contributed by atoms with E-state index >= 15 is 0 Å². The number of para-hydroxylation sites is 2. The summed E-state index contributed by atoms with van der Waals surface area (Å²) in [7, 11) is 1.57. The van der Waals surface area contributed by atoms with Gasteiger partial charge in [-0.15, -0.1) is 10.2 Å². The number of carbonyl (C=O) groups is 1. The molecule has 3 aromatic rings. The molecule has 1 N–H and O–H groups in total. The van der Waals surface area contributed by atoms with Crippen molar-refractivity contribution in [2.45, 2.75) is 25.2 Å². The van der Waals surface area contributed by atoms with Crippen LogP contribution in [-0.4, -0.2) is 46.0 Å². The normalized spacial score (nSPS) is 13.7. The van der Waals surface area contributed by atoms with Crippen LogP contribution < -0.4 is 14.8 Å². The van der Waals surface area contributed by atoms with Gasteiger partial charge in [0, 0.05) is 18.9 Å². The molecular weight excluding hydrogens is 354 g/mol. The summed E-state index contributed by atoms with van der Waals surface area (Å²) < 4.78 is 12.5. The van der Waals surface area contributed by atoms with E-state index in [2.05, 4.69) is 20.6 Å². The van der Waals surface area contributed by atoms with E-state index in [1.807, 2.05) is 16.6 Å². The molecule has 1 saturated carbocycles. The average Bonchev–Trinajstić information content (AvgIpc) is 3.30. The molecule has 1 aromatic carbocycles. The molecule has 0 aliphatic heterocycles. The smallest absolute Gasteiger partial charge is 0.257 e. The van der Waals surface area contributed by atoms with Crippen molar-refractivity contribution in [2.75, 3.05) is 20.3 Å². The summed E-state index contributed by atoms with van der Waals surface area (Å²) in [5.41, 5.74) is 0. The van der Waals surface area contributed by atoms with Gasteiger partial charge in [0.15, 0.2) is 23.9 Å². The summed E-state index contributed by atoms with van der Waals surface area (Å²) in [5.74, 6) is 2.43. The molecule has 0 radical (unpaired) electrons. The van der Waals surface area contributed by atoms with E-state index in [1.165, 1.54) is 11.3 Å². The van der Waals surface area contributed by atoms with Gasteiger partial charge in [-0.2, -0.15) is 9.61 Å². The Bertz CT molecular complexity index is 918. The van der Waals surface area contributed by atoms with E-state index < -0.39 is 0 Å². The average molecular weight is 373 g/mol. The second-order valence-corrected chi connectivity index (χ2v) is 7.10. The maximum absolute atomic E-state index is 12.0. The standard InChI is InChI=1S/C17H19N5O3S/c1-24-12-4-2-3-5-13(12)25-10-14(23)18-9-8-15-21-22-16(11-6-7-11)19-20-17(22)26-15/h2-5,11H,6-10H2,1H3,(H,18,23). The van der Waals surface area contributed by atoms with Crippen LogP contribution in [0.15, 0.2) is 24.3 Å². The van der Waals surface area contributed by atoms with Crippen LogP contribution in [-0.2, 0) is 11.2 Å². The van der Waals surface area contributed by atoms with Crippen molar-refractivity contribution < 1.29 is 14.3 Å². The molecule has 2 heterocycles. The summed E-state index contributed by atoms with van der Waals surface area (Å²) >= 11 is 1.51. The zero-order chi connectivity index (χ0) is 17.9. The zero-order valence-corrected chi connectivity index (χ0v) is 15.2. The van der Waals surface area contributed by atoms with Crippen molar-refractivity contribution in [3.63, 3.8) is 0 Å². The molecule has 0 unspecified atom stereocenters. The van der Waals surface area contributed by atoms with Crippen molar-refractivity contribution in [1.82, 2.24) is 25.1 Å². The first-order chi connectivity index (χ1) is 12.7. The van der Waals surface area contributed by atoms with Crippen LogP contribution >= 0.6 is 11.3 Å². The van der Waals surface area contributed by atoms with E-state index in [0.29, 0.717) is 30.4 Å². The lowest BCUT2D eigenvalue weighted by molar-refractivity contribution is -0.123. The Morgan fingerprint density at radius 1 is 1.31 bits per heavy atom. The Kier molecular flexibility index (Phi) is 4.70. The second kappa shape index (κ2) is 7.28. The van der Waals surface area contributed by atoms with Crippen LogP contribution in [0.4, 0.5) is 0 Å². The van der Waals surface area contributed by atoms with Crippen LogP contribution in [0.1, 0.15) is 29.6 Å². The second-order valence-electron chi connectivity index (χ2n) is 6.06. The fraction of sp³-hybridized carbons (Fsp3) is 0.412. The van der Waals surface area contributed by atoms with Crippen molar-refractivity contribution >= 4 is 22.2 Å². The maximum atomic E-state index is 12.0. The van der Waals surface area contributed by atoms with Crippen LogP contribution in [0.25, 0.3) is 4.96 Å². The van der Waals surface area contributed by atoms with E-state index in [-0.39, 0.29) is 12.5 Å². The molecule has 8 nitrogen and oxygen atoms in total. The maximum Gasteiger partial charge on any atom is 0.257 e. The van der Waals surface area contributed by atoms with Crippen molar-refractivity contribution in [3.8, 4) is 11.5 Å². The summed E-state index contributed by atoms with van der Waals surface area (Å²) in [6, 6.07) is 7.24. The van der Waals surface area contributed by atoms with Gasteiger partial charge >= 0.3 is 0 Å². The number of hydrogen-bond acceptors (Lipinski definition) is 7. The Balaban J connectivity index is 1.26. The molecule has 1 amide bonds. The van der Waals surface area contributed by atoms with Gasteiger partial charge in [0.1, 0.15) is 5.01 Å². The highest BCUT2D eigenvalue weighted by atomic mass is 32.1. The largest absolute Gasteiger partial charge is 0.493 e. The lowest BCUT2D eigenvalue weighted by Crippen LogP contribution is -2.30. The first-order valence-electron chi connectivity index (χ1n) is 8.48. The van der Waals surface area contributed by atoms with E-state index in [4.69, 9.17) is 9.47 Å². The van der Waals surface area contributed by atoms with Gasteiger partial charge in [0.2, 0.25) is 4.96 Å². The number of nitrogens with zero attached hydrogens (tertiary/aromatic N) is 4. The molecule has 2 aromatic heterocycles. The van der Waals surface area contributed by atoms with Gasteiger partial charge < -0.3 is 14.8 Å². The van der Waals surface area contributed by atoms with Crippen LogP contribution in [0.5, 0.6) is 11.5 Å². The van der Waals surface area contributed by atoms with Gasteiger partial charge in [-0.05, 0) is 25.0 Å². The number of rotatable bonds is 8. The third kappa shape index (κ3) is 3.62. The number of benzene rings is 1. The molecule has 26 heavy (non-hydrogen) atoms. The highest BCUT2D eigenvalue weighted by Crippen LogP contribution is 2.39. The quantitative estimate of drug-likeness (QED) is 0.648. The molecule has 1 aliphatic rings. The Labute approximate surface area is 154 Å². The minimum Gasteiger partial charge on any atom is -0.493 e. The first-order valence-corrected chi connectivity index (χ1v) is 9.30. The Morgan fingerprint density at radius 2 is 2.12 bits per heavy atom. The highest BCUT2D eigenvalue weighted by Gasteiger charge is 2.29. The number of hydrogen-bond donors (Lipinski definition) is 1. The van der Waals surface area contributed by atoms with Crippen LogP contribution in [0.2, 0.25) is 0 Å². The molecule has 0 saturated heterocycles. The minimum atomic E-state index is -0.183. The highest BCUT2D eigenvalue weighted by molar-refractivity contribution is 7.16. The Morgan fingerprint density at radius 3 is 2.88 bits per heavy atom. The molecule has 0 atom stereocenters. The molecule has 136 valence electrons. The van der Waals surface area contributed by atoms with Crippen molar-refractivity contribution in [2.24, 2.45) is 0 Å². The van der Waals surface area contributed by atoms with Gasteiger partial charge in [-0.3, -0.25) is 4.79 Å². The number of nitrogens with one attached hydrogen (secondary N) is 1. The molecule has 0 bridgehead atoms. The molecular formula is C17H19N5O3S. The summed E-state index contributed by atoms with van der Waals surface area (Å²) in [4.78, 5) is 12.8. The Hall–Kier alpha value is -2.68. The number of ether oxygens (including phenoxy) is 2. The molecule has 1 aliphatic carbocycles. The topological polar surface area (TPSA) is 90.6 Å². The monoisotopic (exact) mass is 373 g/mol. The predicted octanol–water partition coefficient (Wildman–Crippen LogP) is 1.81. The number of amides is 1. The van der Waals surface area contributed by atoms with Crippen LogP contribution in [0.3, 0.4) is 0 Å². The van der Waals surface area contributed by atoms with Crippen molar-refractivity contribution in [1.29, 1.82) is 0 Å². The summed E-state index contributed by atoms with van der Waals surface area (Å²) in [6.07, 6.45) is 2.98. The fourth-order valence-corrected chi connectivity index (χ4v) is 3.45. The first kappa shape index (κ1) is 16.8.